The Balaban J connectivity index is 2.43. The summed E-state index contributed by atoms with van der Waals surface area (Å²) < 4.78 is 33.1. The monoisotopic (exact) mass is 297 g/mol. The number of ether oxygens (including phenoxy) is 1. The second-order valence-electron chi connectivity index (χ2n) is 4.38. The van der Waals surface area contributed by atoms with Gasteiger partial charge in [-0.05, 0) is 25.1 Å². The molecule has 0 aliphatic rings. The van der Waals surface area contributed by atoms with Crippen LogP contribution in [0.15, 0.2) is 22.7 Å². The van der Waals surface area contributed by atoms with Gasteiger partial charge in [0.2, 0.25) is 0 Å². The third kappa shape index (κ3) is 2.74. The molecule has 20 heavy (non-hydrogen) atoms. The van der Waals surface area contributed by atoms with Crippen LogP contribution < -0.4 is 10.5 Å². The third-order valence-corrected chi connectivity index (χ3v) is 4.43. The summed E-state index contributed by atoms with van der Waals surface area (Å²) in [6.07, 6.45) is 1.12. The maximum Gasteiger partial charge on any atom is 0.260 e. The topological polar surface area (TPSA) is 108 Å². The van der Waals surface area contributed by atoms with Crippen molar-refractivity contribution < 1.29 is 17.7 Å². The predicted octanol–water partition coefficient (Wildman–Crippen LogP) is 1.43. The molecular formula is C12H15N3O4S. The number of nitrogens with zero attached hydrogens (tertiary/aromatic N) is 2. The maximum atomic E-state index is 11.5. The Bertz CT molecular complexity index is 724. The van der Waals surface area contributed by atoms with Gasteiger partial charge in [0.15, 0.2) is 15.7 Å². The van der Waals surface area contributed by atoms with Crippen molar-refractivity contribution in [3.8, 4) is 17.2 Å². The lowest BCUT2D eigenvalue weighted by Crippen LogP contribution is -2.09. The van der Waals surface area contributed by atoms with Crippen LogP contribution in [0.5, 0.6) is 5.75 Å². The molecule has 0 fully saturated rings. The van der Waals surface area contributed by atoms with E-state index in [9.17, 15) is 8.42 Å². The summed E-state index contributed by atoms with van der Waals surface area (Å²) in [5.74, 6) is 0.849. The van der Waals surface area contributed by atoms with Crippen LogP contribution in [0.2, 0.25) is 0 Å². The smallest absolute Gasteiger partial charge is 0.260 e. The van der Waals surface area contributed by atoms with Crippen LogP contribution in [0.25, 0.3) is 11.5 Å². The lowest BCUT2D eigenvalue weighted by atomic mass is 10.1. The third-order valence-electron chi connectivity index (χ3n) is 2.94. The van der Waals surface area contributed by atoms with Crippen molar-refractivity contribution in [3.05, 3.63) is 24.0 Å². The summed E-state index contributed by atoms with van der Waals surface area (Å²) in [6.45, 7) is 1.50. The Labute approximate surface area is 116 Å². The summed E-state index contributed by atoms with van der Waals surface area (Å²) in [6, 6.07) is 5.00. The van der Waals surface area contributed by atoms with Gasteiger partial charge in [0, 0.05) is 11.9 Å². The Kier molecular flexibility index (Phi) is 3.67. The second kappa shape index (κ2) is 5.12. The highest BCUT2D eigenvalue weighted by Gasteiger charge is 2.24. The molecule has 1 heterocycles. The van der Waals surface area contributed by atoms with E-state index in [4.69, 9.17) is 15.0 Å². The Morgan fingerprint density at radius 2 is 2.10 bits per heavy atom. The molecule has 0 aliphatic heterocycles. The van der Waals surface area contributed by atoms with Crippen molar-refractivity contribution in [2.24, 2.45) is 0 Å². The Morgan fingerprint density at radius 3 is 2.70 bits per heavy atom. The quantitative estimate of drug-likeness (QED) is 0.850. The number of hydrogen-bond acceptors (Lipinski definition) is 7. The van der Waals surface area contributed by atoms with Crippen molar-refractivity contribution in [2.45, 2.75) is 12.2 Å². The lowest BCUT2D eigenvalue weighted by molar-refractivity contribution is 0.412. The van der Waals surface area contributed by atoms with Crippen molar-refractivity contribution >= 4 is 15.5 Å². The van der Waals surface area contributed by atoms with E-state index in [0.29, 0.717) is 17.0 Å². The average molecular weight is 297 g/mol. The Hall–Kier alpha value is -2.09. The molecule has 0 amide bonds. The van der Waals surface area contributed by atoms with E-state index in [-0.39, 0.29) is 11.7 Å². The summed E-state index contributed by atoms with van der Waals surface area (Å²) >= 11 is 0. The first-order chi connectivity index (χ1) is 9.32. The number of hydrogen-bond donors (Lipinski definition) is 1. The number of nitrogens with two attached hydrogens (primary N) is 1. The van der Waals surface area contributed by atoms with E-state index < -0.39 is 15.1 Å². The van der Waals surface area contributed by atoms with E-state index in [1.165, 1.54) is 14.0 Å². The van der Waals surface area contributed by atoms with E-state index >= 15 is 0 Å². The number of aromatic nitrogens is 2. The first kappa shape index (κ1) is 14.3. The van der Waals surface area contributed by atoms with Crippen molar-refractivity contribution in [1.29, 1.82) is 0 Å². The normalized spacial score (nSPS) is 13.2. The molecule has 0 saturated carbocycles. The van der Waals surface area contributed by atoms with Gasteiger partial charge in [0.1, 0.15) is 11.0 Å². The number of benzene rings is 1. The molecule has 1 unspecified atom stereocenters. The average Bonchev–Trinajstić information content (AvgIpc) is 2.86. The largest absolute Gasteiger partial charge is 0.497 e. The second-order valence-corrected chi connectivity index (χ2v) is 6.75. The van der Waals surface area contributed by atoms with Gasteiger partial charge in [-0.3, -0.25) is 0 Å². The van der Waals surface area contributed by atoms with Crippen LogP contribution in [0, 0.1) is 0 Å². The molecular weight excluding hydrogens is 282 g/mol. The van der Waals surface area contributed by atoms with Crippen LogP contribution in [-0.2, 0) is 9.84 Å². The standard InChI is InChI=1S/C12H15N3O4S/c1-7(20(3,16)17)11-14-12(19-15-11)9-6-8(18-2)4-5-10(9)13/h4-7H,13H2,1-3H3. The minimum atomic E-state index is -3.29. The van der Waals surface area contributed by atoms with Gasteiger partial charge in [-0.25, -0.2) is 8.42 Å². The number of methoxy groups -OCH3 is 1. The summed E-state index contributed by atoms with van der Waals surface area (Å²) in [5, 5.41) is 2.85. The number of nitrogen functional groups attached to an aromatic ring is 1. The SMILES string of the molecule is COc1ccc(N)c(-c2nc(C(C)S(C)(=O)=O)no2)c1. The van der Waals surface area contributed by atoms with E-state index in [0.717, 1.165) is 6.26 Å². The minimum Gasteiger partial charge on any atom is -0.497 e. The van der Waals surface area contributed by atoms with Crippen LogP contribution in [0.4, 0.5) is 5.69 Å². The highest BCUT2D eigenvalue weighted by molar-refractivity contribution is 7.90. The van der Waals surface area contributed by atoms with Gasteiger partial charge in [-0.2, -0.15) is 4.98 Å². The number of rotatable bonds is 4. The van der Waals surface area contributed by atoms with Crippen molar-refractivity contribution in [1.82, 2.24) is 10.1 Å². The van der Waals surface area contributed by atoms with Crippen LogP contribution >= 0.6 is 0 Å². The van der Waals surface area contributed by atoms with Gasteiger partial charge in [-0.15, -0.1) is 0 Å². The lowest BCUT2D eigenvalue weighted by Gasteiger charge is -2.04. The molecule has 7 nitrogen and oxygen atoms in total. The molecule has 2 aromatic rings. The fourth-order valence-corrected chi connectivity index (χ4v) is 2.03. The fraction of sp³-hybridized carbons (Fsp3) is 0.333. The molecule has 8 heteroatoms. The molecule has 0 aliphatic carbocycles. The van der Waals surface area contributed by atoms with Crippen LogP contribution in [0.1, 0.15) is 18.0 Å². The van der Waals surface area contributed by atoms with Crippen LogP contribution in [-0.4, -0.2) is 31.9 Å². The summed E-state index contributed by atoms with van der Waals surface area (Å²) in [4.78, 5) is 4.09. The summed E-state index contributed by atoms with van der Waals surface area (Å²) in [5.41, 5.74) is 6.79. The zero-order valence-corrected chi connectivity index (χ0v) is 12.1. The van der Waals surface area contributed by atoms with Gasteiger partial charge in [0.05, 0.1) is 12.7 Å². The molecule has 0 radical (unpaired) electrons. The number of sulfone groups is 1. The molecule has 2 N–H and O–H groups in total. The molecule has 1 atom stereocenters. The molecule has 1 aromatic heterocycles. The van der Waals surface area contributed by atoms with Crippen molar-refractivity contribution in [3.63, 3.8) is 0 Å². The first-order valence-corrected chi connectivity index (χ1v) is 7.74. The zero-order valence-electron chi connectivity index (χ0n) is 11.3. The van der Waals surface area contributed by atoms with Gasteiger partial charge >= 0.3 is 0 Å². The summed E-state index contributed by atoms with van der Waals surface area (Å²) in [7, 11) is -1.76. The molecule has 108 valence electrons. The first-order valence-electron chi connectivity index (χ1n) is 5.79. The zero-order chi connectivity index (χ0) is 14.9. The molecule has 2 rings (SSSR count). The van der Waals surface area contributed by atoms with Crippen molar-refractivity contribution in [2.75, 3.05) is 19.1 Å². The van der Waals surface area contributed by atoms with E-state index in [2.05, 4.69) is 10.1 Å². The van der Waals surface area contributed by atoms with Gasteiger partial charge in [-0.1, -0.05) is 5.16 Å². The van der Waals surface area contributed by atoms with Crippen LogP contribution in [0.3, 0.4) is 0 Å². The Morgan fingerprint density at radius 1 is 1.40 bits per heavy atom. The predicted molar refractivity (Wildman–Crippen MR) is 74.0 cm³/mol. The minimum absolute atomic E-state index is 0.102. The van der Waals surface area contributed by atoms with Gasteiger partial charge < -0.3 is 15.0 Å². The van der Waals surface area contributed by atoms with Gasteiger partial charge in [0.25, 0.3) is 5.89 Å². The fourth-order valence-electron chi connectivity index (χ4n) is 1.55. The number of anilines is 1. The highest BCUT2D eigenvalue weighted by atomic mass is 32.2. The van der Waals surface area contributed by atoms with E-state index in [1.807, 2.05) is 0 Å². The molecule has 0 spiro atoms. The highest BCUT2D eigenvalue weighted by Crippen LogP contribution is 2.30. The van der Waals surface area contributed by atoms with E-state index in [1.54, 1.807) is 18.2 Å². The molecule has 0 bridgehead atoms. The molecule has 0 saturated heterocycles. The molecule has 1 aromatic carbocycles. The maximum absolute atomic E-state index is 11.5.